The quantitative estimate of drug-likeness (QED) is 0.696. The van der Waals surface area contributed by atoms with Gasteiger partial charge in [0.2, 0.25) is 0 Å². The highest BCUT2D eigenvalue weighted by molar-refractivity contribution is 7.09. The van der Waals surface area contributed by atoms with Crippen molar-refractivity contribution in [2.24, 2.45) is 0 Å². The lowest BCUT2D eigenvalue weighted by Gasteiger charge is -2.29. The summed E-state index contributed by atoms with van der Waals surface area (Å²) < 4.78 is 0. The van der Waals surface area contributed by atoms with Gasteiger partial charge in [-0.3, -0.25) is 0 Å². The monoisotopic (exact) mass is 240 g/mol. The van der Waals surface area contributed by atoms with Gasteiger partial charge in [-0.15, -0.1) is 11.3 Å². The second kappa shape index (κ2) is 7.02. The molecule has 0 radical (unpaired) electrons. The number of unbranched alkanes of at least 4 members (excludes halogenated alkanes) is 2. The fourth-order valence-corrected chi connectivity index (χ4v) is 2.70. The van der Waals surface area contributed by atoms with Crippen molar-refractivity contribution >= 4 is 11.3 Å². The van der Waals surface area contributed by atoms with Crippen molar-refractivity contribution in [3.05, 3.63) is 16.6 Å². The van der Waals surface area contributed by atoms with Crippen molar-refractivity contribution in [2.45, 2.75) is 58.4 Å². The molecular weight excluding hydrogens is 216 g/mol. The van der Waals surface area contributed by atoms with E-state index in [0.717, 1.165) is 6.54 Å². The van der Waals surface area contributed by atoms with Gasteiger partial charge in [0, 0.05) is 11.6 Å². The minimum atomic E-state index is 0.0827. The highest BCUT2D eigenvalue weighted by Crippen LogP contribution is 2.28. The van der Waals surface area contributed by atoms with Crippen LogP contribution in [0.5, 0.6) is 0 Å². The zero-order chi connectivity index (χ0) is 11.9. The lowest BCUT2D eigenvalue weighted by molar-refractivity contribution is 0.327. The second-order valence-electron chi connectivity index (χ2n) is 4.55. The van der Waals surface area contributed by atoms with Crippen LogP contribution in [0.15, 0.2) is 11.6 Å². The van der Waals surface area contributed by atoms with Crippen LogP contribution in [0, 0.1) is 0 Å². The molecule has 0 aliphatic carbocycles. The molecule has 0 amide bonds. The van der Waals surface area contributed by atoms with Crippen LogP contribution >= 0.6 is 11.3 Å². The van der Waals surface area contributed by atoms with Gasteiger partial charge >= 0.3 is 0 Å². The predicted molar refractivity (Wildman–Crippen MR) is 71.9 cm³/mol. The van der Waals surface area contributed by atoms with Gasteiger partial charge in [-0.1, -0.05) is 33.1 Å². The summed E-state index contributed by atoms with van der Waals surface area (Å²) in [5.74, 6) is 0. The van der Waals surface area contributed by atoms with Gasteiger partial charge < -0.3 is 5.32 Å². The van der Waals surface area contributed by atoms with Crippen molar-refractivity contribution in [1.82, 2.24) is 10.3 Å². The second-order valence-corrected chi connectivity index (χ2v) is 5.45. The molecule has 1 rings (SSSR count). The summed E-state index contributed by atoms with van der Waals surface area (Å²) in [6.07, 6.45) is 8.15. The number of nitrogens with zero attached hydrogens (tertiary/aromatic N) is 1. The Kier molecular flexibility index (Phi) is 5.99. The Morgan fingerprint density at radius 2 is 2.12 bits per heavy atom. The lowest BCUT2D eigenvalue weighted by atomic mass is 9.95. The van der Waals surface area contributed by atoms with E-state index in [-0.39, 0.29) is 5.54 Å². The van der Waals surface area contributed by atoms with Crippen LogP contribution in [0.25, 0.3) is 0 Å². The summed E-state index contributed by atoms with van der Waals surface area (Å²) in [6.45, 7) is 7.82. The van der Waals surface area contributed by atoms with E-state index in [4.69, 9.17) is 0 Å². The third kappa shape index (κ3) is 3.87. The first-order chi connectivity index (χ1) is 7.73. The average molecular weight is 240 g/mol. The van der Waals surface area contributed by atoms with Gasteiger partial charge in [0.15, 0.2) is 0 Å². The van der Waals surface area contributed by atoms with E-state index in [1.165, 1.54) is 37.1 Å². The maximum Gasteiger partial charge on any atom is 0.112 e. The van der Waals surface area contributed by atoms with Crippen LogP contribution in [0.4, 0.5) is 0 Å². The maximum absolute atomic E-state index is 4.48. The fraction of sp³-hybridized carbons (Fsp3) is 0.769. The van der Waals surface area contributed by atoms with E-state index in [2.05, 4.69) is 36.5 Å². The summed E-state index contributed by atoms with van der Waals surface area (Å²) >= 11 is 1.76. The molecule has 0 aromatic carbocycles. The van der Waals surface area contributed by atoms with Crippen molar-refractivity contribution in [3.8, 4) is 0 Å². The molecule has 1 unspecified atom stereocenters. The number of nitrogens with one attached hydrogen (secondary N) is 1. The Bertz CT molecular complexity index is 271. The Balaban J connectivity index is 2.60. The van der Waals surface area contributed by atoms with Crippen molar-refractivity contribution in [1.29, 1.82) is 0 Å². The van der Waals surface area contributed by atoms with E-state index < -0.39 is 0 Å². The maximum atomic E-state index is 4.48. The number of hydrogen-bond acceptors (Lipinski definition) is 3. The minimum Gasteiger partial charge on any atom is -0.306 e. The first-order valence-corrected chi connectivity index (χ1v) is 7.26. The number of hydrogen-bond donors (Lipinski definition) is 1. The molecule has 2 nitrogen and oxygen atoms in total. The van der Waals surface area contributed by atoms with Crippen molar-refractivity contribution in [3.63, 3.8) is 0 Å². The number of aromatic nitrogens is 1. The van der Waals surface area contributed by atoms with Crippen LogP contribution in [-0.4, -0.2) is 11.5 Å². The zero-order valence-corrected chi connectivity index (χ0v) is 11.6. The molecule has 0 saturated heterocycles. The minimum absolute atomic E-state index is 0.0827. The Morgan fingerprint density at radius 3 is 2.69 bits per heavy atom. The topological polar surface area (TPSA) is 24.9 Å². The molecule has 0 bridgehead atoms. The smallest absolute Gasteiger partial charge is 0.112 e. The van der Waals surface area contributed by atoms with Crippen molar-refractivity contribution in [2.75, 3.05) is 6.54 Å². The standard InChI is InChI=1S/C13H24N2S/c1-4-6-7-8-13(3,15-9-5-2)12-14-10-11-16-12/h10-11,15H,4-9H2,1-3H3. The Labute approximate surface area is 103 Å². The highest BCUT2D eigenvalue weighted by atomic mass is 32.1. The molecule has 1 atom stereocenters. The molecule has 1 heterocycles. The molecule has 92 valence electrons. The summed E-state index contributed by atoms with van der Waals surface area (Å²) in [7, 11) is 0. The van der Waals surface area contributed by atoms with E-state index in [1.807, 2.05) is 6.20 Å². The summed E-state index contributed by atoms with van der Waals surface area (Å²) in [5.41, 5.74) is 0.0827. The first kappa shape index (κ1) is 13.7. The Morgan fingerprint density at radius 1 is 1.31 bits per heavy atom. The van der Waals surface area contributed by atoms with E-state index in [9.17, 15) is 0 Å². The predicted octanol–water partition coefficient (Wildman–Crippen LogP) is 3.94. The molecule has 0 fully saturated rings. The Hall–Kier alpha value is -0.410. The largest absolute Gasteiger partial charge is 0.306 e. The van der Waals surface area contributed by atoms with Crippen LogP contribution in [0.3, 0.4) is 0 Å². The van der Waals surface area contributed by atoms with Gasteiger partial charge in [0.25, 0.3) is 0 Å². The van der Waals surface area contributed by atoms with Crippen molar-refractivity contribution < 1.29 is 0 Å². The average Bonchev–Trinajstić information content (AvgIpc) is 2.81. The van der Waals surface area contributed by atoms with Gasteiger partial charge in [-0.05, 0) is 26.3 Å². The normalized spacial score (nSPS) is 14.9. The summed E-state index contributed by atoms with van der Waals surface area (Å²) in [6, 6.07) is 0. The molecule has 0 saturated carbocycles. The summed E-state index contributed by atoms with van der Waals surface area (Å²) in [5, 5.41) is 6.96. The van der Waals surface area contributed by atoms with Gasteiger partial charge in [0.1, 0.15) is 5.01 Å². The van der Waals surface area contributed by atoms with Crippen LogP contribution in [0.2, 0.25) is 0 Å². The zero-order valence-electron chi connectivity index (χ0n) is 10.8. The molecule has 16 heavy (non-hydrogen) atoms. The van der Waals surface area contributed by atoms with E-state index >= 15 is 0 Å². The van der Waals surface area contributed by atoms with Crippen LogP contribution in [0.1, 0.15) is 57.9 Å². The third-order valence-electron chi connectivity index (χ3n) is 2.95. The van der Waals surface area contributed by atoms with Gasteiger partial charge in [0.05, 0.1) is 5.54 Å². The fourth-order valence-electron chi connectivity index (χ4n) is 1.90. The molecule has 0 aliphatic rings. The molecule has 3 heteroatoms. The number of thiazole rings is 1. The SMILES string of the molecule is CCCCCC(C)(NCCC)c1nccs1. The van der Waals surface area contributed by atoms with E-state index in [1.54, 1.807) is 11.3 Å². The summed E-state index contributed by atoms with van der Waals surface area (Å²) in [4.78, 5) is 4.48. The van der Waals surface area contributed by atoms with E-state index in [0.29, 0.717) is 0 Å². The van der Waals surface area contributed by atoms with Gasteiger partial charge in [-0.2, -0.15) is 0 Å². The molecule has 1 aromatic rings. The number of rotatable bonds is 8. The molecule has 1 aromatic heterocycles. The molecule has 0 aliphatic heterocycles. The lowest BCUT2D eigenvalue weighted by Crippen LogP contribution is -2.39. The van der Waals surface area contributed by atoms with Crippen LogP contribution < -0.4 is 5.32 Å². The van der Waals surface area contributed by atoms with Crippen LogP contribution in [-0.2, 0) is 5.54 Å². The highest BCUT2D eigenvalue weighted by Gasteiger charge is 2.27. The molecule has 0 spiro atoms. The molecular formula is C13H24N2S. The third-order valence-corrected chi connectivity index (χ3v) is 3.99. The molecule has 1 N–H and O–H groups in total. The van der Waals surface area contributed by atoms with Gasteiger partial charge in [-0.25, -0.2) is 4.98 Å². The first-order valence-electron chi connectivity index (χ1n) is 6.38.